The van der Waals surface area contributed by atoms with Crippen LogP contribution in [0.25, 0.3) is 0 Å². The fraction of sp³-hybridized carbons (Fsp3) is 0.500. The zero-order chi connectivity index (χ0) is 17.1. The molecule has 1 unspecified atom stereocenters. The van der Waals surface area contributed by atoms with E-state index < -0.39 is 0 Å². The van der Waals surface area contributed by atoms with Crippen molar-refractivity contribution in [1.82, 2.24) is 24.6 Å². The first-order valence-corrected chi connectivity index (χ1v) is 8.72. The molecule has 0 aliphatic carbocycles. The molecule has 1 fully saturated rings. The summed E-state index contributed by atoms with van der Waals surface area (Å²) >= 11 is 3.29. The van der Waals surface area contributed by atoms with Gasteiger partial charge in [-0.15, -0.1) is 0 Å². The Kier molecular flexibility index (Phi) is 5.13. The van der Waals surface area contributed by atoms with Crippen LogP contribution in [0, 0.1) is 12.8 Å². The molecule has 128 valence electrons. The highest BCUT2D eigenvalue weighted by Crippen LogP contribution is 2.19. The number of rotatable bonds is 4. The van der Waals surface area contributed by atoms with Gasteiger partial charge in [0.25, 0.3) is 5.91 Å². The van der Waals surface area contributed by atoms with Gasteiger partial charge in [-0.1, -0.05) is 0 Å². The number of amides is 1. The van der Waals surface area contributed by atoms with E-state index in [2.05, 4.69) is 31.0 Å². The van der Waals surface area contributed by atoms with Gasteiger partial charge in [0.05, 0.1) is 11.1 Å². The predicted octanol–water partition coefficient (Wildman–Crippen LogP) is 2.21. The maximum atomic E-state index is 12.6. The van der Waals surface area contributed by atoms with Crippen molar-refractivity contribution in [2.24, 2.45) is 13.0 Å². The van der Waals surface area contributed by atoms with Gasteiger partial charge in [0.2, 0.25) is 0 Å². The van der Waals surface area contributed by atoms with Crippen LogP contribution < -0.4 is 4.74 Å². The van der Waals surface area contributed by atoms with Gasteiger partial charge in [-0.3, -0.25) is 9.48 Å². The monoisotopic (exact) mass is 393 g/mol. The molecule has 1 amide bonds. The summed E-state index contributed by atoms with van der Waals surface area (Å²) < 4.78 is 8.20. The summed E-state index contributed by atoms with van der Waals surface area (Å²) in [5.41, 5.74) is 1.48. The standard InChI is InChI=1S/C16H20BrN5O2/c1-11-6-14(20-21(11)2)15(23)22-5-3-4-12(9-22)10-24-16-18-7-13(17)8-19-16/h6-8,12H,3-5,9-10H2,1-2H3. The largest absolute Gasteiger partial charge is 0.463 e. The molecular weight excluding hydrogens is 374 g/mol. The number of aryl methyl sites for hydroxylation is 2. The summed E-state index contributed by atoms with van der Waals surface area (Å²) in [7, 11) is 1.84. The molecule has 2 aromatic heterocycles. The second-order valence-corrected chi connectivity index (χ2v) is 6.96. The van der Waals surface area contributed by atoms with Crippen molar-refractivity contribution >= 4 is 21.8 Å². The minimum atomic E-state index is -0.0108. The van der Waals surface area contributed by atoms with E-state index in [1.54, 1.807) is 17.1 Å². The molecular formula is C16H20BrN5O2. The molecule has 7 nitrogen and oxygen atoms in total. The number of piperidine rings is 1. The smallest absolute Gasteiger partial charge is 0.316 e. The maximum absolute atomic E-state index is 12.6. The Morgan fingerprint density at radius 3 is 2.83 bits per heavy atom. The zero-order valence-corrected chi connectivity index (χ0v) is 15.4. The Labute approximate surface area is 149 Å². The van der Waals surface area contributed by atoms with Crippen LogP contribution in [-0.2, 0) is 7.05 Å². The third kappa shape index (κ3) is 3.92. The number of ether oxygens (including phenoxy) is 1. The van der Waals surface area contributed by atoms with E-state index in [0.717, 1.165) is 29.6 Å². The van der Waals surface area contributed by atoms with Crippen LogP contribution in [0.2, 0.25) is 0 Å². The summed E-state index contributed by atoms with van der Waals surface area (Å²) in [5.74, 6) is 0.267. The van der Waals surface area contributed by atoms with Gasteiger partial charge in [0.1, 0.15) is 0 Å². The van der Waals surface area contributed by atoms with Gasteiger partial charge in [0, 0.05) is 44.1 Å². The predicted molar refractivity (Wildman–Crippen MR) is 91.8 cm³/mol. The fourth-order valence-corrected chi connectivity index (χ4v) is 2.98. The van der Waals surface area contributed by atoms with Gasteiger partial charge < -0.3 is 9.64 Å². The number of hydrogen-bond donors (Lipinski definition) is 0. The van der Waals surface area contributed by atoms with Crippen LogP contribution in [0.5, 0.6) is 6.01 Å². The summed E-state index contributed by atoms with van der Waals surface area (Å²) in [4.78, 5) is 22.7. The van der Waals surface area contributed by atoms with Crippen LogP contribution >= 0.6 is 15.9 Å². The molecule has 1 saturated heterocycles. The van der Waals surface area contributed by atoms with E-state index in [9.17, 15) is 4.79 Å². The Morgan fingerprint density at radius 2 is 2.17 bits per heavy atom. The SMILES string of the molecule is Cc1cc(C(=O)N2CCCC(COc3ncc(Br)cn3)C2)nn1C. The molecule has 1 atom stereocenters. The highest BCUT2D eigenvalue weighted by molar-refractivity contribution is 9.10. The summed E-state index contributed by atoms with van der Waals surface area (Å²) in [6.07, 6.45) is 5.30. The Hall–Kier alpha value is -1.96. The number of carbonyl (C=O) groups is 1. The average molecular weight is 394 g/mol. The zero-order valence-electron chi connectivity index (χ0n) is 13.8. The van der Waals surface area contributed by atoms with Crippen LogP contribution in [0.1, 0.15) is 29.0 Å². The van der Waals surface area contributed by atoms with Crippen molar-refractivity contribution in [1.29, 1.82) is 0 Å². The minimum Gasteiger partial charge on any atom is -0.463 e. The number of carbonyl (C=O) groups excluding carboxylic acids is 1. The van der Waals surface area contributed by atoms with Crippen LogP contribution in [0.4, 0.5) is 0 Å². The number of aromatic nitrogens is 4. The van der Waals surface area contributed by atoms with E-state index in [0.29, 0.717) is 24.9 Å². The van der Waals surface area contributed by atoms with Gasteiger partial charge in [-0.25, -0.2) is 9.97 Å². The highest BCUT2D eigenvalue weighted by atomic mass is 79.9. The lowest BCUT2D eigenvalue weighted by Gasteiger charge is -2.32. The Bertz CT molecular complexity index is 696. The molecule has 0 N–H and O–H groups in total. The molecule has 24 heavy (non-hydrogen) atoms. The molecule has 0 saturated carbocycles. The number of halogens is 1. The molecule has 8 heteroatoms. The van der Waals surface area contributed by atoms with Gasteiger partial charge in [-0.05, 0) is 41.8 Å². The van der Waals surface area contributed by atoms with E-state index in [1.165, 1.54) is 0 Å². The van der Waals surface area contributed by atoms with Gasteiger partial charge in [0.15, 0.2) is 5.69 Å². The summed E-state index contributed by atoms with van der Waals surface area (Å²) in [6.45, 7) is 3.88. The van der Waals surface area contributed by atoms with Crippen molar-refractivity contribution < 1.29 is 9.53 Å². The van der Waals surface area contributed by atoms with E-state index in [-0.39, 0.29) is 11.8 Å². The van der Waals surface area contributed by atoms with Crippen molar-refractivity contribution in [2.45, 2.75) is 19.8 Å². The Morgan fingerprint density at radius 1 is 1.42 bits per heavy atom. The molecule has 3 rings (SSSR count). The second kappa shape index (κ2) is 7.29. The minimum absolute atomic E-state index is 0.0108. The van der Waals surface area contributed by atoms with E-state index in [4.69, 9.17) is 4.74 Å². The van der Waals surface area contributed by atoms with E-state index >= 15 is 0 Å². The molecule has 0 radical (unpaired) electrons. The third-order valence-electron chi connectivity index (χ3n) is 4.18. The summed E-state index contributed by atoms with van der Waals surface area (Å²) in [5, 5.41) is 4.28. The molecule has 3 heterocycles. The van der Waals surface area contributed by atoms with Crippen LogP contribution in [0.15, 0.2) is 22.9 Å². The molecule has 0 spiro atoms. The summed E-state index contributed by atoms with van der Waals surface area (Å²) in [6, 6.07) is 2.19. The topological polar surface area (TPSA) is 73.1 Å². The molecule has 1 aliphatic heterocycles. The first-order chi connectivity index (χ1) is 11.5. The first kappa shape index (κ1) is 16.9. The van der Waals surface area contributed by atoms with E-state index in [1.807, 2.05) is 24.9 Å². The molecule has 0 bridgehead atoms. The average Bonchev–Trinajstić information content (AvgIpc) is 2.93. The Balaban J connectivity index is 1.57. The molecule has 2 aromatic rings. The van der Waals surface area contributed by atoms with Gasteiger partial charge in [-0.2, -0.15) is 5.10 Å². The lowest BCUT2D eigenvalue weighted by atomic mass is 9.99. The van der Waals surface area contributed by atoms with Crippen LogP contribution in [-0.4, -0.2) is 50.3 Å². The number of hydrogen-bond acceptors (Lipinski definition) is 5. The maximum Gasteiger partial charge on any atom is 0.316 e. The highest BCUT2D eigenvalue weighted by Gasteiger charge is 2.26. The van der Waals surface area contributed by atoms with Crippen molar-refractivity contribution in [3.63, 3.8) is 0 Å². The fourth-order valence-electron chi connectivity index (χ4n) is 2.78. The molecule has 1 aliphatic rings. The van der Waals surface area contributed by atoms with Crippen molar-refractivity contribution in [3.8, 4) is 6.01 Å². The number of nitrogens with zero attached hydrogens (tertiary/aromatic N) is 5. The van der Waals surface area contributed by atoms with Gasteiger partial charge >= 0.3 is 6.01 Å². The second-order valence-electron chi connectivity index (χ2n) is 6.05. The van der Waals surface area contributed by atoms with Crippen LogP contribution in [0.3, 0.4) is 0 Å². The quantitative estimate of drug-likeness (QED) is 0.795. The lowest BCUT2D eigenvalue weighted by molar-refractivity contribution is 0.0622. The van der Waals surface area contributed by atoms with Crippen molar-refractivity contribution in [2.75, 3.05) is 19.7 Å². The first-order valence-electron chi connectivity index (χ1n) is 7.93. The third-order valence-corrected chi connectivity index (χ3v) is 4.59. The normalized spacial score (nSPS) is 17.8. The number of likely N-dealkylation sites (tertiary alicyclic amines) is 1. The lowest BCUT2D eigenvalue weighted by Crippen LogP contribution is -2.41. The van der Waals surface area contributed by atoms with Crippen molar-refractivity contribution in [3.05, 3.63) is 34.3 Å². The molecule has 0 aromatic carbocycles.